The van der Waals surface area contributed by atoms with Crippen molar-refractivity contribution in [1.82, 2.24) is 9.88 Å². The van der Waals surface area contributed by atoms with Gasteiger partial charge in [0.25, 0.3) is 11.2 Å². The minimum absolute atomic E-state index is 0.0116. The number of nitrogens with one attached hydrogen (secondary N) is 2. The first-order valence-electron chi connectivity index (χ1n) is 8.56. The summed E-state index contributed by atoms with van der Waals surface area (Å²) in [4.78, 5) is 33.7. The van der Waals surface area contributed by atoms with E-state index in [1.54, 1.807) is 0 Å². The van der Waals surface area contributed by atoms with Crippen LogP contribution >= 0.6 is 0 Å². The molecule has 0 spiro atoms. The molecule has 2 rings (SSSR count). The Balaban J connectivity index is 1.97. The van der Waals surface area contributed by atoms with Crippen LogP contribution in [0.1, 0.15) is 5.56 Å². The molecule has 10 nitrogen and oxygen atoms in total. The number of nitrogens with zero attached hydrogens (tertiary/aromatic N) is 2. The quantitative estimate of drug-likeness (QED) is 0.343. The molecule has 14 heteroatoms. The summed E-state index contributed by atoms with van der Waals surface area (Å²) < 4.78 is 61.8. The molecule has 1 amide bonds. The molecule has 0 unspecified atom stereocenters. The fourth-order valence-corrected chi connectivity index (χ4v) is 3.12. The maximum atomic E-state index is 12.7. The van der Waals surface area contributed by atoms with E-state index < -0.39 is 50.2 Å². The van der Waals surface area contributed by atoms with Crippen molar-refractivity contribution in [3.05, 3.63) is 62.6 Å². The lowest BCUT2D eigenvalue weighted by Gasteiger charge is -2.12. The van der Waals surface area contributed by atoms with E-state index in [2.05, 4.69) is 10.6 Å². The van der Waals surface area contributed by atoms with Crippen molar-refractivity contribution in [2.45, 2.75) is 17.6 Å². The number of carbonyl (C=O) groups is 1. The van der Waals surface area contributed by atoms with Crippen LogP contribution in [0.5, 0.6) is 0 Å². The molecule has 0 aliphatic rings. The molecule has 0 saturated carbocycles. The van der Waals surface area contributed by atoms with E-state index in [-0.39, 0.29) is 23.7 Å². The molecular weight excluding hydrogens is 445 g/mol. The Bertz CT molecular complexity index is 1160. The van der Waals surface area contributed by atoms with Gasteiger partial charge in [-0.1, -0.05) is 0 Å². The number of alkyl halides is 3. The molecule has 0 aliphatic carbocycles. The number of hydrogen-bond acceptors (Lipinski definition) is 7. The fraction of sp³-hybridized carbons (Fsp3) is 0.294. The topological polar surface area (TPSA) is 140 Å². The van der Waals surface area contributed by atoms with E-state index in [9.17, 15) is 41.3 Å². The molecule has 0 fully saturated rings. The van der Waals surface area contributed by atoms with Gasteiger partial charge < -0.3 is 15.2 Å². The molecule has 0 radical (unpaired) electrons. The van der Waals surface area contributed by atoms with Crippen molar-refractivity contribution in [3.8, 4) is 0 Å². The molecule has 0 saturated heterocycles. The first kappa shape index (κ1) is 23.9. The van der Waals surface area contributed by atoms with Gasteiger partial charge in [-0.05, 0) is 18.2 Å². The third-order valence-corrected chi connectivity index (χ3v) is 5.09. The second-order valence-electron chi connectivity index (χ2n) is 6.37. The van der Waals surface area contributed by atoms with E-state index in [4.69, 9.17) is 0 Å². The first-order valence-corrected chi connectivity index (χ1v) is 10.4. The number of aromatic nitrogens is 1. The standard InChI is InChI=1S/C17H17F3N4O6S/c1-31(29,30)12-3-4-13(14(8-12)24(27)28)21-6-7-22-15(25)10-23-9-11(17(18,19)20)2-5-16(23)26/h2-5,8-9,21H,6-7,10H2,1H3,(H,22,25). The summed E-state index contributed by atoms with van der Waals surface area (Å²) in [6.45, 7) is -0.730. The van der Waals surface area contributed by atoms with Crippen molar-refractivity contribution in [3.63, 3.8) is 0 Å². The normalized spacial score (nSPS) is 11.7. The van der Waals surface area contributed by atoms with Crippen LogP contribution in [0.15, 0.2) is 46.2 Å². The van der Waals surface area contributed by atoms with Crippen molar-refractivity contribution in [2.75, 3.05) is 24.7 Å². The lowest BCUT2D eigenvalue weighted by molar-refractivity contribution is -0.384. The Hall–Kier alpha value is -3.42. The van der Waals surface area contributed by atoms with Gasteiger partial charge in [-0.25, -0.2) is 8.42 Å². The number of amides is 1. The van der Waals surface area contributed by atoms with E-state index in [1.165, 1.54) is 12.1 Å². The number of nitro benzene ring substituents is 1. The van der Waals surface area contributed by atoms with Gasteiger partial charge >= 0.3 is 6.18 Å². The molecule has 2 N–H and O–H groups in total. The molecule has 31 heavy (non-hydrogen) atoms. The Kier molecular flexibility index (Phi) is 7.05. The lowest BCUT2D eigenvalue weighted by Crippen LogP contribution is -2.35. The number of anilines is 1. The van der Waals surface area contributed by atoms with Gasteiger partial charge in [0, 0.05) is 37.7 Å². The van der Waals surface area contributed by atoms with Crippen molar-refractivity contribution in [2.24, 2.45) is 0 Å². The number of pyridine rings is 1. The van der Waals surface area contributed by atoms with Crippen LogP contribution in [-0.2, 0) is 27.4 Å². The van der Waals surface area contributed by atoms with Crippen LogP contribution < -0.4 is 16.2 Å². The Morgan fingerprint density at radius 3 is 2.45 bits per heavy atom. The monoisotopic (exact) mass is 462 g/mol. The number of carbonyl (C=O) groups excluding carboxylic acids is 1. The number of sulfone groups is 1. The summed E-state index contributed by atoms with van der Waals surface area (Å²) in [5, 5.41) is 16.2. The second-order valence-corrected chi connectivity index (χ2v) is 8.38. The molecule has 2 aromatic rings. The van der Waals surface area contributed by atoms with E-state index in [1.807, 2.05) is 0 Å². The molecule has 0 atom stereocenters. The van der Waals surface area contributed by atoms with Gasteiger partial charge in [0.05, 0.1) is 15.4 Å². The Labute approximate surface area is 173 Å². The highest BCUT2D eigenvalue weighted by atomic mass is 32.2. The van der Waals surface area contributed by atoms with Gasteiger partial charge in [0.2, 0.25) is 5.91 Å². The van der Waals surface area contributed by atoms with E-state index >= 15 is 0 Å². The maximum Gasteiger partial charge on any atom is 0.417 e. The number of hydrogen-bond donors (Lipinski definition) is 2. The minimum Gasteiger partial charge on any atom is -0.378 e. The van der Waals surface area contributed by atoms with E-state index in [0.29, 0.717) is 22.9 Å². The van der Waals surface area contributed by atoms with Crippen molar-refractivity contribution < 1.29 is 31.3 Å². The summed E-state index contributed by atoms with van der Waals surface area (Å²) >= 11 is 0. The summed E-state index contributed by atoms with van der Waals surface area (Å²) in [5.74, 6) is -0.745. The minimum atomic E-state index is -4.67. The van der Waals surface area contributed by atoms with Crippen LogP contribution in [-0.4, -0.2) is 43.2 Å². The average molecular weight is 462 g/mol. The number of nitro groups is 1. The zero-order valence-electron chi connectivity index (χ0n) is 16.0. The number of rotatable bonds is 8. The Morgan fingerprint density at radius 1 is 1.19 bits per heavy atom. The zero-order valence-corrected chi connectivity index (χ0v) is 16.8. The third kappa shape index (κ3) is 6.53. The molecule has 1 aromatic heterocycles. The van der Waals surface area contributed by atoms with Crippen LogP contribution in [0.3, 0.4) is 0 Å². The molecule has 0 bridgehead atoms. The predicted molar refractivity (Wildman–Crippen MR) is 103 cm³/mol. The van der Waals surface area contributed by atoms with Gasteiger partial charge in [0.1, 0.15) is 12.2 Å². The highest BCUT2D eigenvalue weighted by molar-refractivity contribution is 7.90. The van der Waals surface area contributed by atoms with Gasteiger partial charge in [-0.3, -0.25) is 19.7 Å². The van der Waals surface area contributed by atoms with Crippen LogP contribution in [0.2, 0.25) is 0 Å². The SMILES string of the molecule is CS(=O)(=O)c1ccc(NCCNC(=O)Cn2cc(C(F)(F)F)ccc2=O)c([N+](=O)[O-])c1. The van der Waals surface area contributed by atoms with Crippen molar-refractivity contribution >= 4 is 27.1 Å². The molecule has 1 heterocycles. The third-order valence-electron chi connectivity index (χ3n) is 3.98. The fourth-order valence-electron chi connectivity index (χ4n) is 2.47. The molecule has 1 aromatic carbocycles. The average Bonchev–Trinajstić information content (AvgIpc) is 2.65. The van der Waals surface area contributed by atoms with Crippen LogP contribution in [0, 0.1) is 10.1 Å². The number of benzene rings is 1. The van der Waals surface area contributed by atoms with Crippen LogP contribution in [0.25, 0.3) is 0 Å². The van der Waals surface area contributed by atoms with E-state index in [0.717, 1.165) is 12.3 Å². The van der Waals surface area contributed by atoms with Gasteiger partial charge in [0.15, 0.2) is 9.84 Å². The zero-order chi connectivity index (χ0) is 23.4. The second kappa shape index (κ2) is 9.16. The van der Waals surface area contributed by atoms with Gasteiger partial charge in [-0.2, -0.15) is 13.2 Å². The van der Waals surface area contributed by atoms with Crippen molar-refractivity contribution in [1.29, 1.82) is 0 Å². The predicted octanol–water partition coefficient (Wildman–Crippen LogP) is 1.41. The highest BCUT2D eigenvalue weighted by Crippen LogP contribution is 2.28. The molecular formula is C17H17F3N4O6S. The lowest BCUT2D eigenvalue weighted by atomic mass is 10.2. The number of halogens is 3. The largest absolute Gasteiger partial charge is 0.417 e. The summed E-state index contributed by atoms with van der Waals surface area (Å²) in [7, 11) is -3.65. The molecule has 168 valence electrons. The first-order chi connectivity index (χ1) is 14.3. The summed E-state index contributed by atoms with van der Waals surface area (Å²) in [6.07, 6.45) is -3.23. The van der Waals surface area contributed by atoms with Crippen LogP contribution in [0.4, 0.5) is 24.5 Å². The summed E-state index contributed by atoms with van der Waals surface area (Å²) in [5.41, 5.74) is -2.33. The van der Waals surface area contributed by atoms with Gasteiger partial charge in [-0.15, -0.1) is 0 Å². The summed E-state index contributed by atoms with van der Waals surface area (Å²) in [6, 6.07) is 4.61. The molecule has 0 aliphatic heterocycles. The maximum absolute atomic E-state index is 12.7. The highest BCUT2D eigenvalue weighted by Gasteiger charge is 2.31. The Morgan fingerprint density at radius 2 is 1.87 bits per heavy atom. The smallest absolute Gasteiger partial charge is 0.378 e.